The van der Waals surface area contributed by atoms with Gasteiger partial charge in [-0.05, 0) is 62.4 Å². The molecule has 3 heterocycles. The average molecular weight is 499 g/mol. The molecule has 1 aliphatic rings. The van der Waals surface area contributed by atoms with Crippen LogP contribution in [0.1, 0.15) is 42.6 Å². The second-order valence-electron chi connectivity index (χ2n) is 9.87. The first-order valence-corrected chi connectivity index (χ1v) is 12.9. The Morgan fingerprint density at radius 1 is 1.11 bits per heavy atom. The van der Waals surface area contributed by atoms with Crippen molar-refractivity contribution >= 4 is 22.6 Å². The molecule has 2 aromatic carbocycles. The molecule has 37 heavy (non-hydrogen) atoms. The Balaban J connectivity index is 1.36. The fourth-order valence-corrected chi connectivity index (χ4v) is 5.18. The smallest absolute Gasteiger partial charge is 0.224 e. The van der Waals surface area contributed by atoms with Crippen LogP contribution in [-0.4, -0.2) is 52.6 Å². The van der Waals surface area contributed by atoms with Gasteiger partial charge in [-0.15, -0.1) is 5.10 Å². The van der Waals surface area contributed by atoms with Crippen LogP contribution in [0.2, 0.25) is 0 Å². The molecule has 1 amide bonds. The van der Waals surface area contributed by atoms with Gasteiger partial charge in [0, 0.05) is 19.6 Å². The molecular weight excluding hydrogens is 464 g/mol. The number of nitrogens with one attached hydrogen (secondary N) is 1. The van der Waals surface area contributed by atoms with E-state index in [9.17, 15) is 4.79 Å². The SMILES string of the molecule is COc1ccc(-n2nc3c(N4CCC[C@H](C(=O)NC[C@@H](C)c5ccccc5)C4)nnc(C)c3c2C)cc1. The standard InChI is InChI=1S/C29H34N6O2/c1-19(22-9-6-5-7-10-22)17-30-29(36)23-11-8-16-34(18-23)28-27-26(20(2)31-32-28)21(3)35(33-27)24-12-14-25(37-4)15-13-24/h5-7,9-10,12-15,19,23H,8,11,16-18H2,1-4H3,(H,30,36)/t19-,23+/m1/s1. The number of fused-ring (bicyclic) bond motifs is 1. The Morgan fingerprint density at radius 2 is 1.86 bits per heavy atom. The third-order valence-electron chi connectivity index (χ3n) is 7.34. The maximum absolute atomic E-state index is 13.1. The van der Waals surface area contributed by atoms with Crippen LogP contribution in [0.3, 0.4) is 0 Å². The lowest BCUT2D eigenvalue weighted by Crippen LogP contribution is -2.44. The average Bonchev–Trinajstić information content (AvgIpc) is 3.30. The van der Waals surface area contributed by atoms with Crippen LogP contribution < -0.4 is 15.0 Å². The Labute approximate surface area is 217 Å². The first-order chi connectivity index (χ1) is 18.0. The first kappa shape index (κ1) is 24.7. The number of benzene rings is 2. The third kappa shape index (κ3) is 5.01. The first-order valence-electron chi connectivity index (χ1n) is 12.9. The van der Waals surface area contributed by atoms with Crippen LogP contribution in [-0.2, 0) is 4.79 Å². The van der Waals surface area contributed by atoms with E-state index >= 15 is 0 Å². The highest BCUT2D eigenvalue weighted by Crippen LogP contribution is 2.32. The molecule has 0 saturated carbocycles. The van der Waals surface area contributed by atoms with Crippen LogP contribution >= 0.6 is 0 Å². The number of nitrogens with zero attached hydrogens (tertiary/aromatic N) is 5. The zero-order valence-corrected chi connectivity index (χ0v) is 21.9. The van der Waals surface area contributed by atoms with Crippen molar-refractivity contribution in [1.82, 2.24) is 25.3 Å². The Hall–Kier alpha value is -3.94. The zero-order chi connectivity index (χ0) is 25.9. The van der Waals surface area contributed by atoms with Gasteiger partial charge in [0.15, 0.2) is 5.82 Å². The highest BCUT2D eigenvalue weighted by Gasteiger charge is 2.29. The molecule has 2 atom stereocenters. The third-order valence-corrected chi connectivity index (χ3v) is 7.34. The predicted molar refractivity (Wildman–Crippen MR) is 145 cm³/mol. The molecule has 0 unspecified atom stereocenters. The fraction of sp³-hybridized carbons (Fsp3) is 0.379. The van der Waals surface area contributed by atoms with Crippen LogP contribution in [0.4, 0.5) is 5.82 Å². The zero-order valence-electron chi connectivity index (χ0n) is 21.9. The van der Waals surface area contributed by atoms with Crippen molar-refractivity contribution in [2.45, 2.75) is 39.5 Å². The van der Waals surface area contributed by atoms with Gasteiger partial charge in [-0.3, -0.25) is 4.79 Å². The molecule has 2 aromatic heterocycles. The lowest BCUT2D eigenvalue weighted by molar-refractivity contribution is -0.125. The number of methoxy groups -OCH3 is 1. The molecule has 8 heteroatoms. The number of anilines is 1. The number of aromatic nitrogens is 4. The van der Waals surface area contributed by atoms with Gasteiger partial charge in [0.1, 0.15) is 11.3 Å². The molecule has 1 aliphatic heterocycles. The van der Waals surface area contributed by atoms with E-state index in [0.717, 1.165) is 58.9 Å². The van der Waals surface area contributed by atoms with E-state index in [1.165, 1.54) is 5.56 Å². The van der Waals surface area contributed by atoms with E-state index in [-0.39, 0.29) is 17.7 Å². The molecule has 0 radical (unpaired) electrons. The number of piperidine rings is 1. The monoisotopic (exact) mass is 498 g/mol. The van der Waals surface area contributed by atoms with Gasteiger partial charge in [0.25, 0.3) is 0 Å². The van der Waals surface area contributed by atoms with E-state index in [1.807, 2.05) is 54.1 Å². The maximum atomic E-state index is 13.1. The summed E-state index contributed by atoms with van der Waals surface area (Å²) in [6.07, 6.45) is 1.78. The molecule has 1 saturated heterocycles. The van der Waals surface area contributed by atoms with Gasteiger partial charge in [-0.25, -0.2) is 4.68 Å². The van der Waals surface area contributed by atoms with Gasteiger partial charge in [0.2, 0.25) is 5.91 Å². The van der Waals surface area contributed by atoms with Crippen molar-refractivity contribution in [2.75, 3.05) is 31.6 Å². The normalized spacial score (nSPS) is 16.5. The van der Waals surface area contributed by atoms with Crippen LogP contribution in [0.15, 0.2) is 54.6 Å². The number of hydrogen-bond acceptors (Lipinski definition) is 6. The number of carbonyl (C=O) groups is 1. The minimum Gasteiger partial charge on any atom is -0.497 e. The lowest BCUT2D eigenvalue weighted by Gasteiger charge is -2.32. The number of amides is 1. The van der Waals surface area contributed by atoms with Crippen LogP contribution in [0, 0.1) is 19.8 Å². The summed E-state index contributed by atoms with van der Waals surface area (Å²) in [5.74, 6) is 1.81. The summed E-state index contributed by atoms with van der Waals surface area (Å²) in [6, 6.07) is 18.1. The second-order valence-corrected chi connectivity index (χ2v) is 9.87. The molecule has 1 fully saturated rings. The summed E-state index contributed by atoms with van der Waals surface area (Å²) in [4.78, 5) is 15.3. The quantitative estimate of drug-likeness (QED) is 0.402. The molecule has 1 N–H and O–H groups in total. The minimum absolute atomic E-state index is 0.0975. The summed E-state index contributed by atoms with van der Waals surface area (Å²) in [6.45, 7) is 8.21. The summed E-state index contributed by atoms with van der Waals surface area (Å²) in [7, 11) is 1.66. The van der Waals surface area contributed by atoms with Gasteiger partial charge in [-0.2, -0.15) is 10.2 Å². The second kappa shape index (κ2) is 10.6. The van der Waals surface area contributed by atoms with Gasteiger partial charge >= 0.3 is 0 Å². The molecular formula is C29H34N6O2. The lowest BCUT2D eigenvalue weighted by atomic mass is 9.96. The van der Waals surface area contributed by atoms with Crippen molar-refractivity contribution in [3.63, 3.8) is 0 Å². The highest BCUT2D eigenvalue weighted by atomic mass is 16.5. The fourth-order valence-electron chi connectivity index (χ4n) is 5.18. The van der Waals surface area contributed by atoms with E-state index in [2.05, 4.69) is 46.4 Å². The molecule has 5 rings (SSSR count). The van der Waals surface area contributed by atoms with E-state index in [0.29, 0.717) is 13.1 Å². The van der Waals surface area contributed by atoms with Crippen LogP contribution in [0.5, 0.6) is 5.75 Å². The van der Waals surface area contributed by atoms with Crippen LogP contribution in [0.25, 0.3) is 16.6 Å². The molecule has 0 spiro atoms. The Kier molecular flexibility index (Phi) is 7.08. The summed E-state index contributed by atoms with van der Waals surface area (Å²) in [5, 5.41) is 18.2. The van der Waals surface area contributed by atoms with Gasteiger partial charge in [-0.1, -0.05) is 37.3 Å². The molecule has 4 aromatic rings. The van der Waals surface area contributed by atoms with Gasteiger partial charge in [0.05, 0.1) is 35.5 Å². The van der Waals surface area contributed by atoms with Gasteiger partial charge < -0.3 is 15.0 Å². The highest BCUT2D eigenvalue weighted by molar-refractivity contribution is 5.92. The van der Waals surface area contributed by atoms with E-state index in [1.54, 1.807) is 7.11 Å². The van der Waals surface area contributed by atoms with Crippen molar-refractivity contribution in [2.24, 2.45) is 5.92 Å². The summed E-state index contributed by atoms with van der Waals surface area (Å²) in [5.41, 5.74) is 4.85. The number of ether oxygens (including phenoxy) is 1. The Bertz CT molecular complexity index is 1380. The number of rotatable bonds is 7. The maximum Gasteiger partial charge on any atom is 0.224 e. The van der Waals surface area contributed by atoms with E-state index in [4.69, 9.17) is 9.84 Å². The predicted octanol–water partition coefficient (Wildman–Crippen LogP) is 4.58. The largest absolute Gasteiger partial charge is 0.497 e. The van der Waals surface area contributed by atoms with Crippen molar-refractivity contribution in [3.8, 4) is 11.4 Å². The van der Waals surface area contributed by atoms with Crippen molar-refractivity contribution < 1.29 is 9.53 Å². The summed E-state index contributed by atoms with van der Waals surface area (Å²) < 4.78 is 7.24. The number of aryl methyl sites for hydroxylation is 2. The van der Waals surface area contributed by atoms with Crippen molar-refractivity contribution in [1.29, 1.82) is 0 Å². The molecule has 0 aliphatic carbocycles. The minimum atomic E-state index is -0.0975. The van der Waals surface area contributed by atoms with Crippen molar-refractivity contribution in [3.05, 3.63) is 71.5 Å². The molecule has 192 valence electrons. The summed E-state index contributed by atoms with van der Waals surface area (Å²) >= 11 is 0. The Morgan fingerprint density at radius 3 is 2.59 bits per heavy atom. The number of carbonyl (C=O) groups excluding carboxylic acids is 1. The topological polar surface area (TPSA) is 85.2 Å². The van der Waals surface area contributed by atoms with E-state index < -0.39 is 0 Å². The molecule has 8 nitrogen and oxygen atoms in total. The molecule has 0 bridgehead atoms. The number of hydrogen-bond donors (Lipinski definition) is 1.